The summed E-state index contributed by atoms with van der Waals surface area (Å²) >= 11 is 0. The van der Waals surface area contributed by atoms with Crippen molar-refractivity contribution in [1.29, 1.82) is 0 Å². The molecule has 5 rings (SSSR count). The number of anilines is 1. The zero-order chi connectivity index (χ0) is 24.4. The number of benzene rings is 4. The van der Waals surface area contributed by atoms with Gasteiger partial charge in [-0.15, -0.1) is 0 Å². The molecule has 174 valence electrons. The normalized spacial score (nSPS) is 12.4. The number of nitrogens with one attached hydrogen (secondary N) is 1. The third kappa shape index (κ3) is 4.19. The minimum atomic E-state index is -0.338. The van der Waals surface area contributed by atoms with E-state index in [1.807, 2.05) is 48.5 Å². The van der Waals surface area contributed by atoms with E-state index in [1.54, 1.807) is 49.5 Å². The van der Waals surface area contributed by atoms with Gasteiger partial charge in [-0.3, -0.25) is 9.59 Å². The van der Waals surface area contributed by atoms with Gasteiger partial charge in [-0.2, -0.15) is 5.10 Å². The first-order chi connectivity index (χ1) is 17.1. The standard InChI is InChI=1S/C28H23N3O4/c1-34-22-14-13-21(25(15-22)35-2)16-29-30-27(32)20-11-9-18(10-12-20)17-31-24-8-4-6-19-5-3-7-23(26(19)24)28(31)33/h3-16H,17H2,1-2H3,(H,30,32). The quantitative estimate of drug-likeness (QED) is 0.315. The molecule has 0 aliphatic carbocycles. The molecule has 0 radical (unpaired) electrons. The smallest absolute Gasteiger partial charge is 0.271 e. The molecule has 4 aromatic carbocycles. The van der Waals surface area contributed by atoms with Crippen LogP contribution in [0.5, 0.6) is 11.5 Å². The summed E-state index contributed by atoms with van der Waals surface area (Å²) < 4.78 is 10.5. The molecule has 0 bridgehead atoms. The monoisotopic (exact) mass is 465 g/mol. The van der Waals surface area contributed by atoms with Crippen LogP contribution in [-0.2, 0) is 6.54 Å². The molecule has 7 heteroatoms. The Hall–Kier alpha value is -4.65. The average Bonchev–Trinajstić information content (AvgIpc) is 3.17. The molecule has 7 nitrogen and oxygen atoms in total. The van der Waals surface area contributed by atoms with Gasteiger partial charge in [0.15, 0.2) is 0 Å². The number of carbonyl (C=O) groups excluding carboxylic acids is 2. The highest BCUT2D eigenvalue weighted by Gasteiger charge is 2.29. The Morgan fingerprint density at radius 3 is 2.49 bits per heavy atom. The van der Waals surface area contributed by atoms with Crippen LogP contribution >= 0.6 is 0 Å². The van der Waals surface area contributed by atoms with Crippen molar-refractivity contribution in [2.75, 3.05) is 19.1 Å². The van der Waals surface area contributed by atoms with Gasteiger partial charge >= 0.3 is 0 Å². The maximum atomic E-state index is 13.0. The van der Waals surface area contributed by atoms with Crippen LogP contribution < -0.4 is 19.8 Å². The van der Waals surface area contributed by atoms with Gasteiger partial charge in [0.1, 0.15) is 11.5 Å². The Bertz CT molecular complexity index is 1460. The van der Waals surface area contributed by atoms with E-state index in [9.17, 15) is 9.59 Å². The van der Waals surface area contributed by atoms with Gasteiger partial charge in [0.25, 0.3) is 11.8 Å². The minimum absolute atomic E-state index is 0.0121. The Morgan fingerprint density at radius 2 is 1.74 bits per heavy atom. The first kappa shape index (κ1) is 22.2. The summed E-state index contributed by atoms with van der Waals surface area (Å²) in [5.41, 5.74) is 6.25. The molecule has 0 saturated carbocycles. The van der Waals surface area contributed by atoms with Crippen molar-refractivity contribution in [2.24, 2.45) is 5.10 Å². The van der Waals surface area contributed by atoms with E-state index in [2.05, 4.69) is 10.5 Å². The van der Waals surface area contributed by atoms with Crippen LogP contribution in [-0.4, -0.2) is 32.2 Å². The van der Waals surface area contributed by atoms with Gasteiger partial charge in [-0.1, -0.05) is 36.4 Å². The minimum Gasteiger partial charge on any atom is -0.497 e. The van der Waals surface area contributed by atoms with Crippen LogP contribution in [0.15, 0.2) is 84.0 Å². The van der Waals surface area contributed by atoms with Crippen molar-refractivity contribution >= 4 is 34.5 Å². The number of carbonyl (C=O) groups is 2. The Morgan fingerprint density at radius 1 is 0.971 bits per heavy atom. The fourth-order valence-corrected chi connectivity index (χ4v) is 4.23. The van der Waals surface area contributed by atoms with E-state index < -0.39 is 0 Å². The fraction of sp³-hybridized carbons (Fsp3) is 0.107. The van der Waals surface area contributed by atoms with E-state index in [1.165, 1.54) is 6.21 Å². The molecular weight excluding hydrogens is 442 g/mol. The van der Waals surface area contributed by atoms with Crippen LogP contribution in [0.3, 0.4) is 0 Å². The molecule has 1 aliphatic rings. The van der Waals surface area contributed by atoms with Crippen molar-refractivity contribution in [1.82, 2.24) is 5.43 Å². The fourth-order valence-electron chi connectivity index (χ4n) is 4.23. The molecule has 35 heavy (non-hydrogen) atoms. The number of hydrogen-bond acceptors (Lipinski definition) is 5. The first-order valence-corrected chi connectivity index (χ1v) is 11.1. The highest BCUT2D eigenvalue weighted by atomic mass is 16.5. The zero-order valence-electron chi connectivity index (χ0n) is 19.3. The maximum absolute atomic E-state index is 13.0. The lowest BCUT2D eigenvalue weighted by Gasteiger charge is -2.18. The molecule has 0 aromatic heterocycles. The summed E-state index contributed by atoms with van der Waals surface area (Å²) in [4.78, 5) is 27.3. The van der Waals surface area contributed by atoms with Crippen LogP contribution in [0, 0.1) is 0 Å². The van der Waals surface area contributed by atoms with Crippen molar-refractivity contribution < 1.29 is 19.1 Å². The van der Waals surface area contributed by atoms with Crippen LogP contribution in [0.25, 0.3) is 10.8 Å². The molecule has 1 aliphatic heterocycles. The summed E-state index contributed by atoms with van der Waals surface area (Å²) in [6.45, 7) is 0.421. The van der Waals surface area contributed by atoms with E-state index in [4.69, 9.17) is 9.47 Å². The summed E-state index contributed by atoms with van der Waals surface area (Å²) in [6.07, 6.45) is 1.52. The molecule has 0 atom stereocenters. The Labute approximate surface area is 202 Å². The van der Waals surface area contributed by atoms with Gasteiger partial charge in [0.05, 0.1) is 32.7 Å². The molecular formula is C28H23N3O4. The Kier molecular flexibility index (Phi) is 5.89. The molecule has 0 saturated heterocycles. The summed E-state index contributed by atoms with van der Waals surface area (Å²) in [5.74, 6) is 0.900. The lowest BCUT2D eigenvalue weighted by Crippen LogP contribution is -2.26. The van der Waals surface area contributed by atoms with Gasteiger partial charge in [-0.05, 0) is 47.3 Å². The summed E-state index contributed by atoms with van der Waals surface area (Å²) in [6, 6.07) is 24.2. The van der Waals surface area contributed by atoms with Crippen molar-refractivity contribution in [3.05, 3.63) is 101 Å². The summed E-state index contributed by atoms with van der Waals surface area (Å²) in [5, 5.41) is 6.08. The molecule has 1 N–H and O–H groups in total. The first-order valence-electron chi connectivity index (χ1n) is 11.1. The number of rotatable bonds is 7. The van der Waals surface area contributed by atoms with Gasteiger partial charge < -0.3 is 14.4 Å². The molecule has 1 heterocycles. The topological polar surface area (TPSA) is 80.2 Å². The van der Waals surface area contributed by atoms with Crippen LogP contribution in [0.2, 0.25) is 0 Å². The molecule has 0 unspecified atom stereocenters. The molecule has 0 fully saturated rings. The number of hydrogen-bond donors (Lipinski definition) is 1. The second kappa shape index (κ2) is 9.30. The third-order valence-electron chi connectivity index (χ3n) is 6.02. The number of methoxy groups -OCH3 is 2. The average molecular weight is 466 g/mol. The predicted molar refractivity (Wildman–Crippen MR) is 136 cm³/mol. The lowest BCUT2D eigenvalue weighted by atomic mass is 10.1. The number of hydrazone groups is 1. The van der Waals surface area contributed by atoms with Crippen LogP contribution in [0.4, 0.5) is 5.69 Å². The number of ether oxygens (including phenoxy) is 2. The van der Waals surface area contributed by atoms with Crippen LogP contribution in [0.1, 0.15) is 31.8 Å². The third-order valence-corrected chi connectivity index (χ3v) is 6.02. The van der Waals surface area contributed by atoms with E-state index in [0.29, 0.717) is 29.2 Å². The zero-order valence-corrected chi connectivity index (χ0v) is 19.3. The highest BCUT2D eigenvalue weighted by molar-refractivity contribution is 6.24. The van der Waals surface area contributed by atoms with Crippen molar-refractivity contribution in [3.63, 3.8) is 0 Å². The molecule has 0 spiro atoms. The number of nitrogens with zero attached hydrogens (tertiary/aromatic N) is 2. The maximum Gasteiger partial charge on any atom is 0.271 e. The summed E-state index contributed by atoms with van der Waals surface area (Å²) in [7, 11) is 3.14. The van der Waals surface area contributed by atoms with Gasteiger partial charge in [0.2, 0.25) is 0 Å². The molecule has 4 aromatic rings. The van der Waals surface area contributed by atoms with E-state index in [-0.39, 0.29) is 11.8 Å². The van der Waals surface area contributed by atoms with E-state index in [0.717, 1.165) is 27.6 Å². The second-order valence-electron chi connectivity index (χ2n) is 8.08. The van der Waals surface area contributed by atoms with Gasteiger partial charge in [-0.25, -0.2) is 5.43 Å². The van der Waals surface area contributed by atoms with Gasteiger partial charge in [0, 0.05) is 28.1 Å². The lowest BCUT2D eigenvalue weighted by molar-refractivity contribution is 0.0953. The largest absolute Gasteiger partial charge is 0.497 e. The van der Waals surface area contributed by atoms with E-state index >= 15 is 0 Å². The molecule has 2 amide bonds. The second-order valence-corrected chi connectivity index (χ2v) is 8.08. The predicted octanol–water partition coefficient (Wildman–Crippen LogP) is 4.78. The SMILES string of the molecule is COc1ccc(C=NNC(=O)c2ccc(CN3C(=O)c4cccc5cccc3c45)cc2)c(OC)c1. The Balaban J connectivity index is 1.26. The van der Waals surface area contributed by atoms with Crippen molar-refractivity contribution in [2.45, 2.75) is 6.54 Å². The highest BCUT2D eigenvalue weighted by Crippen LogP contribution is 2.38. The number of amides is 2. The van der Waals surface area contributed by atoms with Crippen molar-refractivity contribution in [3.8, 4) is 11.5 Å².